The quantitative estimate of drug-likeness (QED) is 0.103. The molecule has 0 radical (unpaired) electrons. The lowest BCUT2D eigenvalue weighted by Crippen LogP contribution is -2.57. The molecule has 5 aromatic rings. The van der Waals surface area contributed by atoms with Gasteiger partial charge >= 0.3 is 0 Å². The number of aromatic hydroxyl groups is 2. The summed E-state index contributed by atoms with van der Waals surface area (Å²) >= 11 is 6.57. The summed E-state index contributed by atoms with van der Waals surface area (Å²) in [6.07, 6.45) is 4.12. The summed E-state index contributed by atoms with van der Waals surface area (Å²) < 4.78 is 33.3. The molecule has 1 atom stereocenters. The Labute approximate surface area is 315 Å². The second kappa shape index (κ2) is 15.8. The molecule has 2 aliphatic rings. The van der Waals surface area contributed by atoms with Crippen LogP contribution in [0.15, 0.2) is 97.1 Å². The van der Waals surface area contributed by atoms with E-state index < -0.39 is 22.3 Å². The van der Waals surface area contributed by atoms with Crippen molar-refractivity contribution in [1.82, 2.24) is 14.4 Å². The predicted octanol–water partition coefficient (Wildman–Crippen LogP) is 7.03. The molecule has 0 aliphatic carbocycles. The molecule has 12 heteroatoms. The number of likely N-dealkylation sites (tertiary alicyclic amines) is 1. The van der Waals surface area contributed by atoms with E-state index in [2.05, 4.69) is 9.47 Å². The number of aryl methyl sites for hydroxylation is 1. The van der Waals surface area contributed by atoms with Crippen LogP contribution >= 0.6 is 11.6 Å². The number of carbonyl (C=O) groups excluding carboxylic acids is 1. The number of phenolic OH excluding ortho intramolecular Hbond substituents is 2. The number of fused-ring (bicyclic) bond motifs is 1. The zero-order valence-corrected chi connectivity index (χ0v) is 31.3. The van der Waals surface area contributed by atoms with Crippen molar-refractivity contribution in [1.29, 1.82) is 0 Å². The monoisotopic (exact) mass is 756 g/mol. The number of aromatic nitrogens is 1. The normalized spacial score (nSPS) is 16.9. The third kappa shape index (κ3) is 8.18. The fourth-order valence-corrected chi connectivity index (χ4v) is 8.71. The lowest BCUT2D eigenvalue weighted by molar-refractivity contribution is 0.0190. The van der Waals surface area contributed by atoms with Crippen LogP contribution in [0.5, 0.6) is 11.5 Å². The molecule has 7 rings (SSSR count). The number of anilines is 1. The van der Waals surface area contributed by atoms with Crippen molar-refractivity contribution in [3.05, 3.63) is 124 Å². The van der Waals surface area contributed by atoms with Crippen LogP contribution in [-0.2, 0) is 20.8 Å². The number of phenols is 2. The summed E-state index contributed by atoms with van der Waals surface area (Å²) in [5, 5.41) is 21.9. The Balaban J connectivity index is 1.37. The largest absolute Gasteiger partial charge is 0.508 e. The van der Waals surface area contributed by atoms with Crippen LogP contribution < -0.4 is 4.90 Å². The molecule has 278 valence electrons. The Bertz CT molecular complexity index is 2120. The zero-order chi connectivity index (χ0) is 37.1. The van der Waals surface area contributed by atoms with Crippen LogP contribution in [-0.4, -0.2) is 90.7 Å². The van der Waals surface area contributed by atoms with Crippen molar-refractivity contribution in [3.63, 3.8) is 0 Å². The summed E-state index contributed by atoms with van der Waals surface area (Å²) in [5.41, 5.74) is 4.51. The minimum absolute atomic E-state index is 0.0906. The van der Waals surface area contributed by atoms with E-state index >= 15 is 4.79 Å². The number of rotatable bonds is 12. The summed E-state index contributed by atoms with van der Waals surface area (Å²) in [6.45, 7) is 4.48. The zero-order valence-electron chi connectivity index (χ0n) is 29.8. The molecule has 0 saturated carbocycles. The first-order valence-electron chi connectivity index (χ1n) is 18.2. The second-order valence-corrected chi connectivity index (χ2v) is 16.0. The molecule has 1 amide bonds. The highest BCUT2D eigenvalue weighted by Crippen LogP contribution is 2.42. The lowest BCUT2D eigenvalue weighted by atomic mass is 9.83. The van der Waals surface area contributed by atoms with Gasteiger partial charge in [-0.3, -0.25) is 4.79 Å². The first-order valence-corrected chi connectivity index (χ1v) is 20.4. The number of halogens is 1. The van der Waals surface area contributed by atoms with Gasteiger partial charge in [0.15, 0.2) is 6.23 Å². The van der Waals surface area contributed by atoms with Crippen molar-refractivity contribution >= 4 is 44.2 Å². The Kier molecular flexibility index (Phi) is 11.0. The SMILES string of the molecule is CS(=O)(=O)OC1CN(c2ccccc2Cl)CCN1C(=O)c1c(C(c2ccc(O)cc2)c2ccc(O)cc2)c2ccccc2n1CCCCN1CCCC1. The standard InChI is InChI=1S/C41H45ClN4O6S/c1-53(50,51)52-37-28-44(36-13-5-3-11-34(36)42)26-27-46(37)41(49)40-39(38(29-14-18-31(47)19-15-29)30-16-20-32(48)21-17-30)33-10-2-4-12-35(33)45(40)25-9-8-24-43-22-6-7-23-43/h2-5,10-21,37-38,47-48H,6-9,22-28H2,1H3. The van der Waals surface area contributed by atoms with Gasteiger partial charge < -0.3 is 29.5 Å². The van der Waals surface area contributed by atoms with Gasteiger partial charge in [0.05, 0.1) is 23.5 Å². The maximum atomic E-state index is 15.4. The average Bonchev–Trinajstić information content (AvgIpc) is 3.78. The van der Waals surface area contributed by atoms with Crippen molar-refractivity contribution in [2.75, 3.05) is 50.4 Å². The fourth-order valence-electron chi connectivity index (χ4n) is 7.89. The minimum atomic E-state index is -3.98. The highest BCUT2D eigenvalue weighted by molar-refractivity contribution is 7.86. The lowest BCUT2D eigenvalue weighted by Gasteiger charge is -2.41. The maximum absolute atomic E-state index is 15.4. The number of hydrogen-bond acceptors (Lipinski definition) is 8. The van der Waals surface area contributed by atoms with Gasteiger partial charge in [-0.2, -0.15) is 8.42 Å². The molecule has 0 bridgehead atoms. The molecule has 0 spiro atoms. The molecule has 53 heavy (non-hydrogen) atoms. The van der Waals surface area contributed by atoms with Crippen molar-refractivity contribution in [2.45, 2.75) is 44.4 Å². The van der Waals surface area contributed by atoms with Crippen LogP contribution in [0.25, 0.3) is 10.9 Å². The van der Waals surface area contributed by atoms with Crippen molar-refractivity contribution in [2.24, 2.45) is 0 Å². The van der Waals surface area contributed by atoms with E-state index in [-0.39, 0.29) is 30.5 Å². The highest BCUT2D eigenvalue weighted by atomic mass is 35.5. The van der Waals surface area contributed by atoms with Crippen LogP contribution in [0.2, 0.25) is 5.02 Å². The fraction of sp³-hybridized carbons (Fsp3) is 0.341. The summed E-state index contributed by atoms with van der Waals surface area (Å²) in [7, 11) is -3.98. The smallest absolute Gasteiger partial charge is 0.273 e. The van der Waals surface area contributed by atoms with Gasteiger partial charge in [0.25, 0.3) is 16.0 Å². The Morgan fingerprint density at radius 2 is 1.42 bits per heavy atom. The number of amides is 1. The molecule has 2 fully saturated rings. The number of carbonyl (C=O) groups is 1. The second-order valence-electron chi connectivity index (χ2n) is 14.0. The first kappa shape index (κ1) is 36.8. The van der Waals surface area contributed by atoms with E-state index in [1.54, 1.807) is 30.3 Å². The topological polar surface area (TPSA) is 116 Å². The van der Waals surface area contributed by atoms with Crippen molar-refractivity contribution < 1.29 is 27.6 Å². The Morgan fingerprint density at radius 1 is 0.811 bits per heavy atom. The molecule has 10 nitrogen and oxygen atoms in total. The molecule has 2 saturated heterocycles. The van der Waals surface area contributed by atoms with Gasteiger partial charge in [0.2, 0.25) is 0 Å². The number of para-hydroxylation sites is 2. The molecule has 1 aromatic heterocycles. The van der Waals surface area contributed by atoms with E-state index in [4.69, 9.17) is 15.8 Å². The van der Waals surface area contributed by atoms with Crippen LogP contribution in [0.3, 0.4) is 0 Å². The predicted molar refractivity (Wildman–Crippen MR) is 208 cm³/mol. The van der Waals surface area contributed by atoms with Gasteiger partial charge in [-0.05, 0) is 98.9 Å². The maximum Gasteiger partial charge on any atom is 0.273 e. The summed E-state index contributed by atoms with van der Waals surface area (Å²) in [4.78, 5) is 21.4. The van der Waals surface area contributed by atoms with Crippen LogP contribution in [0.1, 0.15) is 58.8 Å². The average molecular weight is 757 g/mol. The minimum Gasteiger partial charge on any atom is -0.508 e. The van der Waals surface area contributed by atoms with Gasteiger partial charge in [-0.15, -0.1) is 0 Å². The Morgan fingerprint density at radius 3 is 2.06 bits per heavy atom. The summed E-state index contributed by atoms with van der Waals surface area (Å²) in [6, 6.07) is 29.2. The number of hydrogen-bond donors (Lipinski definition) is 2. The number of nitrogens with zero attached hydrogens (tertiary/aromatic N) is 4. The third-order valence-electron chi connectivity index (χ3n) is 10.3. The van der Waals surface area contributed by atoms with Gasteiger partial charge in [0, 0.05) is 42.0 Å². The van der Waals surface area contributed by atoms with Crippen LogP contribution in [0, 0.1) is 0 Å². The highest BCUT2D eigenvalue weighted by Gasteiger charge is 2.39. The van der Waals surface area contributed by atoms with Gasteiger partial charge in [0.1, 0.15) is 17.2 Å². The van der Waals surface area contributed by atoms with E-state index in [0.717, 1.165) is 72.0 Å². The summed E-state index contributed by atoms with van der Waals surface area (Å²) in [5.74, 6) is -0.588. The molecule has 3 heterocycles. The number of unbranched alkanes of at least 4 members (excludes halogenated alkanes) is 1. The third-order valence-corrected chi connectivity index (χ3v) is 11.2. The molecule has 2 N–H and O–H groups in total. The van der Waals surface area contributed by atoms with Gasteiger partial charge in [-0.1, -0.05) is 66.2 Å². The number of benzene rings is 4. The molecule has 2 aliphatic heterocycles. The van der Waals surface area contributed by atoms with Gasteiger partial charge in [-0.25, -0.2) is 4.18 Å². The molecule has 1 unspecified atom stereocenters. The van der Waals surface area contributed by atoms with Crippen LogP contribution in [0.4, 0.5) is 5.69 Å². The number of piperazine rings is 1. The van der Waals surface area contributed by atoms with E-state index in [0.29, 0.717) is 23.8 Å². The van der Waals surface area contributed by atoms with E-state index in [1.807, 2.05) is 71.6 Å². The van der Waals surface area contributed by atoms with E-state index in [1.165, 1.54) is 17.7 Å². The molecule has 4 aromatic carbocycles. The van der Waals surface area contributed by atoms with E-state index in [9.17, 15) is 18.6 Å². The Hall–Kier alpha value is -4.55. The molecular formula is C41H45ClN4O6S. The van der Waals surface area contributed by atoms with Crippen molar-refractivity contribution in [3.8, 4) is 11.5 Å². The molecular weight excluding hydrogens is 712 g/mol. The first-order chi connectivity index (χ1) is 25.6.